The van der Waals surface area contributed by atoms with E-state index in [-0.39, 0.29) is 17.2 Å². The Balaban J connectivity index is 2.36. The van der Waals surface area contributed by atoms with Crippen LogP contribution in [0.3, 0.4) is 0 Å². The Kier molecular flexibility index (Phi) is 4.75. The lowest BCUT2D eigenvalue weighted by molar-refractivity contribution is -0.384. The Morgan fingerprint density at radius 1 is 1.26 bits per heavy atom. The summed E-state index contributed by atoms with van der Waals surface area (Å²) in [5.74, 6) is -0.837. The highest BCUT2D eigenvalue weighted by Gasteiger charge is 2.15. The number of non-ortho nitro benzene ring substituents is 1. The number of hydrogen-bond donors (Lipinski definition) is 2. The fourth-order valence-electron chi connectivity index (χ4n) is 2.14. The molecule has 8 nitrogen and oxygen atoms in total. The number of amides is 2. The van der Waals surface area contributed by atoms with Crippen LogP contribution in [-0.4, -0.2) is 21.4 Å². The first-order chi connectivity index (χ1) is 10.9. The van der Waals surface area contributed by atoms with Gasteiger partial charge >= 0.3 is 0 Å². The zero-order valence-electron chi connectivity index (χ0n) is 12.5. The van der Waals surface area contributed by atoms with Gasteiger partial charge < -0.3 is 5.73 Å². The maximum Gasteiger partial charge on any atom is 0.269 e. The Morgan fingerprint density at radius 3 is 2.43 bits per heavy atom. The SMILES string of the molecule is CCCC(=O)Nn1cc(C(N)=O)c(-c2ccc([N+](=O)[O-])cc2)c1. The van der Waals surface area contributed by atoms with Crippen molar-refractivity contribution in [3.05, 3.63) is 52.3 Å². The molecule has 120 valence electrons. The lowest BCUT2D eigenvalue weighted by atomic mass is 10.0. The molecule has 0 radical (unpaired) electrons. The van der Waals surface area contributed by atoms with Crippen LogP contribution in [0.1, 0.15) is 30.1 Å². The summed E-state index contributed by atoms with van der Waals surface area (Å²) in [5, 5.41) is 10.7. The van der Waals surface area contributed by atoms with Crippen molar-refractivity contribution in [2.24, 2.45) is 5.73 Å². The zero-order valence-corrected chi connectivity index (χ0v) is 12.5. The first kappa shape index (κ1) is 16.2. The number of benzene rings is 1. The smallest absolute Gasteiger partial charge is 0.269 e. The molecule has 0 unspecified atom stereocenters. The van der Waals surface area contributed by atoms with Gasteiger partial charge in [-0.2, -0.15) is 0 Å². The Labute approximate surface area is 132 Å². The van der Waals surface area contributed by atoms with Gasteiger partial charge in [0.2, 0.25) is 5.91 Å². The molecule has 0 atom stereocenters. The monoisotopic (exact) mass is 316 g/mol. The fourth-order valence-corrected chi connectivity index (χ4v) is 2.14. The Bertz CT molecular complexity index is 749. The molecule has 23 heavy (non-hydrogen) atoms. The number of nitrogens with two attached hydrogens (primary N) is 1. The number of rotatable bonds is 6. The van der Waals surface area contributed by atoms with Crippen LogP contribution in [0.4, 0.5) is 5.69 Å². The van der Waals surface area contributed by atoms with Crippen molar-refractivity contribution in [3.8, 4) is 11.1 Å². The second kappa shape index (κ2) is 6.73. The van der Waals surface area contributed by atoms with Gasteiger partial charge in [-0.25, -0.2) is 0 Å². The molecule has 2 amide bonds. The molecular formula is C15H16N4O4. The number of aromatic nitrogens is 1. The summed E-state index contributed by atoms with van der Waals surface area (Å²) in [6, 6.07) is 5.73. The molecule has 0 aliphatic carbocycles. The second-order valence-corrected chi connectivity index (χ2v) is 4.95. The van der Waals surface area contributed by atoms with Crippen LogP contribution in [0, 0.1) is 10.1 Å². The molecule has 0 aliphatic rings. The topological polar surface area (TPSA) is 120 Å². The number of nitrogens with zero attached hydrogens (tertiary/aromatic N) is 2. The van der Waals surface area contributed by atoms with Crippen LogP contribution in [0.2, 0.25) is 0 Å². The van der Waals surface area contributed by atoms with E-state index >= 15 is 0 Å². The summed E-state index contributed by atoms with van der Waals surface area (Å²) in [6.07, 6.45) is 4.03. The summed E-state index contributed by atoms with van der Waals surface area (Å²) >= 11 is 0. The molecule has 0 saturated heterocycles. The van der Waals surface area contributed by atoms with Crippen LogP contribution in [0.15, 0.2) is 36.7 Å². The normalized spacial score (nSPS) is 10.3. The Hall–Kier alpha value is -3.16. The maximum absolute atomic E-state index is 11.6. The van der Waals surface area contributed by atoms with Crippen LogP contribution >= 0.6 is 0 Å². The fraction of sp³-hybridized carbons (Fsp3) is 0.200. The molecule has 1 aromatic carbocycles. The van der Waals surface area contributed by atoms with Gasteiger partial charge in [-0.05, 0) is 24.1 Å². The average Bonchev–Trinajstić information content (AvgIpc) is 2.91. The molecule has 1 aromatic heterocycles. The van der Waals surface area contributed by atoms with Crippen LogP contribution in [-0.2, 0) is 4.79 Å². The first-order valence-corrected chi connectivity index (χ1v) is 6.99. The van der Waals surface area contributed by atoms with Crippen molar-refractivity contribution in [1.29, 1.82) is 0 Å². The minimum absolute atomic E-state index is 0.0509. The first-order valence-electron chi connectivity index (χ1n) is 6.99. The van der Waals surface area contributed by atoms with Gasteiger partial charge in [0.05, 0.1) is 10.5 Å². The number of hydrogen-bond acceptors (Lipinski definition) is 4. The lowest BCUT2D eigenvalue weighted by Gasteiger charge is -2.04. The third kappa shape index (κ3) is 3.73. The van der Waals surface area contributed by atoms with E-state index in [2.05, 4.69) is 5.43 Å². The number of nitro groups is 1. The lowest BCUT2D eigenvalue weighted by Crippen LogP contribution is -2.21. The van der Waals surface area contributed by atoms with E-state index in [9.17, 15) is 19.7 Å². The maximum atomic E-state index is 11.6. The van der Waals surface area contributed by atoms with Gasteiger partial charge in [0.15, 0.2) is 0 Å². The second-order valence-electron chi connectivity index (χ2n) is 4.95. The molecule has 0 aliphatic heterocycles. The van der Waals surface area contributed by atoms with E-state index in [0.717, 1.165) is 0 Å². The summed E-state index contributed by atoms with van der Waals surface area (Å²) < 4.78 is 1.37. The van der Waals surface area contributed by atoms with Crippen molar-refractivity contribution in [1.82, 2.24) is 4.68 Å². The van der Waals surface area contributed by atoms with E-state index in [1.807, 2.05) is 6.92 Å². The van der Waals surface area contributed by atoms with Crippen molar-refractivity contribution in [3.63, 3.8) is 0 Å². The van der Waals surface area contributed by atoms with E-state index in [0.29, 0.717) is 24.0 Å². The van der Waals surface area contributed by atoms with E-state index in [4.69, 9.17) is 5.73 Å². The van der Waals surface area contributed by atoms with Crippen LogP contribution in [0.25, 0.3) is 11.1 Å². The van der Waals surface area contributed by atoms with Crippen molar-refractivity contribution >= 4 is 17.5 Å². The highest BCUT2D eigenvalue weighted by Crippen LogP contribution is 2.26. The number of nitro benzene ring substituents is 1. The summed E-state index contributed by atoms with van der Waals surface area (Å²) in [5.41, 5.74) is 9.23. The van der Waals surface area contributed by atoms with E-state index in [1.54, 1.807) is 6.20 Å². The minimum Gasteiger partial charge on any atom is -0.366 e. The number of primary amides is 1. The predicted molar refractivity (Wildman–Crippen MR) is 84.3 cm³/mol. The highest BCUT2D eigenvalue weighted by molar-refractivity contribution is 6.00. The molecule has 1 heterocycles. The van der Waals surface area contributed by atoms with Crippen molar-refractivity contribution in [2.45, 2.75) is 19.8 Å². The quantitative estimate of drug-likeness (QED) is 0.625. The highest BCUT2D eigenvalue weighted by atomic mass is 16.6. The largest absolute Gasteiger partial charge is 0.366 e. The van der Waals surface area contributed by atoms with Crippen LogP contribution in [0.5, 0.6) is 0 Å². The molecular weight excluding hydrogens is 300 g/mol. The number of nitrogens with one attached hydrogen (secondary N) is 1. The van der Waals surface area contributed by atoms with E-state index in [1.165, 1.54) is 35.1 Å². The molecule has 8 heteroatoms. The van der Waals surface area contributed by atoms with E-state index < -0.39 is 10.8 Å². The number of carbonyl (C=O) groups is 2. The van der Waals surface area contributed by atoms with Gasteiger partial charge in [0, 0.05) is 36.5 Å². The summed E-state index contributed by atoms with van der Waals surface area (Å²) in [7, 11) is 0. The molecule has 0 saturated carbocycles. The molecule has 0 fully saturated rings. The number of carbonyl (C=O) groups excluding carboxylic acids is 2. The van der Waals surface area contributed by atoms with Gasteiger partial charge in [0.25, 0.3) is 11.6 Å². The molecule has 0 spiro atoms. The van der Waals surface area contributed by atoms with Gasteiger partial charge in [0.1, 0.15) is 0 Å². The molecule has 2 rings (SSSR count). The van der Waals surface area contributed by atoms with Crippen molar-refractivity contribution in [2.75, 3.05) is 5.43 Å². The summed E-state index contributed by atoms with van der Waals surface area (Å²) in [6.45, 7) is 1.88. The van der Waals surface area contributed by atoms with Gasteiger partial charge in [-0.3, -0.25) is 29.8 Å². The van der Waals surface area contributed by atoms with Crippen LogP contribution < -0.4 is 11.2 Å². The molecule has 0 bridgehead atoms. The minimum atomic E-state index is -0.651. The van der Waals surface area contributed by atoms with Gasteiger partial charge in [-0.15, -0.1) is 0 Å². The average molecular weight is 316 g/mol. The predicted octanol–water partition coefficient (Wildman–Crippen LogP) is 2.03. The standard InChI is InChI=1S/C15H16N4O4/c1-2-3-14(20)17-18-8-12(13(9-18)15(16)21)10-4-6-11(7-5-10)19(22)23/h4-9H,2-3H2,1H3,(H2,16,21)(H,17,20). The third-order valence-corrected chi connectivity index (χ3v) is 3.21. The zero-order chi connectivity index (χ0) is 17.0. The van der Waals surface area contributed by atoms with Crippen molar-refractivity contribution < 1.29 is 14.5 Å². The Morgan fingerprint density at radius 2 is 1.91 bits per heavy atom. The third-order valence-electron chi connectivity index (χ3n) is 3.21. The summed E-state index contributed by atoms with van der Waals surface area (Å²) in [4.78, 5) is 33.4. The molecule has 2 aromatic rings. The molecule has 3 N–H and O–H groups in total. The van der Waals surface area contributed by atoms with Gasteiger partial charge in [-0.1, -0.05) is 6.92 Å².